The Hall–Kier alpha value is -3.98. The van der Waals surface area contributed by atoms with E-state index in [0.717, 1.165) is 28.3 Å². The molecular weight excluding hydrogens is 490 g/mol. The number of allylic oxidation sites excluding steroid dienone is 1. The number of carbonyl (C=O) groups excluding carboxylic acids is 2. The molecule has 0 spiro atoms. The van der Waals surface area contributed by atoms with Gasteiger partial charge in [0.15, 0.2) is 5.13 Å². The lowest BCUT2D eigenvalue weighted by Crippen LogP contribution is -2.36. The van der Waals surface area contributed by atoms with Crippen molar-refractivity contribution in [1.82, 2.24) is 4.98 Å². The number of esters is 2. The van der Waals surface area contributed by atoms with E-state index in [1.54, 1.807) is 13.8 Å². The van der Waals surface area contributed by atoms with Crippen LogP contribution in [0.1, 0.15) is 32.3 Å². The minimum Gasteiger partial charge on any atom is -0.494 e. The number of nitrogens with zero attached hydrogens (tertiary/aromatic N) is 2. The van der Waals surface area contributed by atoms with Crippen molar-refractivity contribution in [2.75, 3.05) is 26.1 Å². The van der Waals surface area contributed by atoms with E-state index in [0.29, 0.717) is 28.7 Å². The van der Waals surface area contributed by atoms with Crippen LogP contribution < -0.4 is 10.1 Å². The van der Waals surface area contributed by atoms with Gasteiger partial charge in [-0.3, -0.25) is 9.79 Å². The van der Waals surface area contributed by atoms with Gasteiger partial charge in [0, 0.05) is 34.0 Å². The molecule has 2 aromatic carbocycles. The predicted molar refractivity (Wildman–Crippen MR) is 145 cm³/mol. The molecule has 1 aromatic heterocycles. The fourth-order valence-electron chi connectivity index (χ4n) is 4.53. The van der Waals surface area contributed by atoms with Crippen LogP contribution in [0.15, 0.2) is 70.2 Å². The number of nitrogens with one attached hydrogen (secondary N) is 1. The van der Waals surface area contributed by atoms with Gasteiger partial charge in [-0.2, -0.15) is 0 Å². The molecule has 1 N–H and O–H groups in total. The van der Waals surface area contributed by atoms with Gasteiger partial charge in [-0.25, -0.2) is 9.78 Å². The van der Waals surface area contributed by atoms with E-state index in [1.807, 2.05) is 60.8 Å². The van der Waals surface area contributed by atoms with Crippen molar-refractivity contribution in [3.05, 3.63) is 70.7 Å². The van der Waals surface area contributed by atoms with Crippen LogP contribution in [-0.4, -0.2) is 43.5 Å². The van der Waals surface area contributed by atoms with Gasteiger partial charge in [-0.15, -0.1) is 11.3 Å². The Kier molecular flexibility index (Phi) is 8.03. The third-order valence-corrected chi connectivity index (χ3v) is 6.95. The number of thiazole rings is 1. The van der Waals surface area contributed by atoms with Crippen LogP contribution in [-0.2, 0) is 19.1 Å². The summed E-state index contributed by atoms with van der Waals surface area (Å²) in [5.41, 5.74) is 4.67. The second-order valence-corrected chi connectivity index (χ2v) is 9.29. The molecule has 9 heteroatoms. The van der Waals surface area contributed by atoms with Crippen molar-refractivity contribution >= 4 is 39.8 Å². The van der Waals surface area contributed by atoms with Crippen molar-refractivity contribution in [2.24, 2.45) is 10.9 Å². The molecule has 0 saturated carbocycles. The van der Waals surface area contributed by atoms with Gasteiger partial charge in [0.1, 0.15) is 11.7 Å². The maximum Gasteiger partial charge on any atom is 0.336 e. The van der Waals surface area contributed by atoms with Crippen LogP contribution in [0.4, 0.5) is 10.8 Å². The molecule has 0 fully saturated rings. The van der Waals surface area contributed by atoms with Crippen LogP contribution in [0.3, 0.4) is 0 Å². The molecule has 192 valence electrons. The molecule has 1 aliphatic heterocycles. The number of carbonyl (C=O) groups is 2. The molecule has 0 saturated heterocycles. The molecule has 0 radical (unpaired) electrons. The van der Waals surface area contributed by atoms with Gasteiger partial charge in [0.25, 0.3) is 0 Å². The zero-order chi connectivity index (χ0) is 26.5. The van der Waals surface area contributed by atoms with E-state index in [9.17, 15) is 9.59 Å². The number of aromatic nitrogens is 1. The van der Waals surface area contributed by atoms with Gasteiger partial charge in [0.2, 0.25) is 0 Å². The average molecular weight is 520 g/mol. The first kappa shape index (κ1) is 26.1. The van der Waals surface area contributed by atoms with Crippen molar-refractivity contribution in [3.8, 4) is 17.0 Å². The number of ether oxygens (including phenoxy) is 3. The van der Waals surface area contributed by atoms with E-state index in [4.69, 9.17) is 19.2 Å². The highest BCUT2D eigenvalue weighted by Gasteiger charge is 2.43. The predicted octanol–water partition coefficient (Wildman–Crippen LogP) is 5.75. The molecule has 2 heterocycles. The zero-order valence-electron chi connectivity index (χ0n) is 21.4. The lowest BCUT2D eigenvalue weighted by molar-refractivity contribution is -0.143. The van der Waals surface area contributed by atoms with E-state index in [1.165, 1.54) is 25.6 Å². The summed E-state index contributed by atoms with van der Waals surface area (Å²) >= 11 is 1.46. The fourth-order valence-corrected chi connectivity index (χ4v) is 5.26. The summed E-state index contributed by atoms with van der Waals surface area (Å²) in [6.45, 7) is 6.08. The standard InChI is InChI=1S/C28H29N3O5S/c1-6-36-19-13-11-18(12-14-19)22-15-37-28(31-22)30-21-10-8-7-9-20(21)25-23(26(32)34-4)16(2)29-17(3)24(25)27(33)35-5/h7-15,23,25H,6H2,1-5H3,(H,30,31). The maximum atomic E-state index is 12.9. The van der Waals surface area contributed by atoms with Crippen molar-refractivity contribution < 1.29 is 23.8 Å². The lowest BCUT2D eigenvalue weighted by Gasteiger charge is -2.32. The van der Waals surface area contributed by atoms with Crippen LogP contribution >= 0.6 is 11.3 Å². The number of hydrogen-bond donors (Lipinski definition) is 1. The minimum atomic E-state index is -0.776. The number of benzene rings is 2. The van der Waals surface area contributed by atoms with E-state index >= 15 is 0 Å². The zero-order valence-corrected chi connectivity index (χ0v) is 22.2. The molecule has 0 amide bonds. The third kappa shape index (κ3) is 5.41. The summed E-state index contributed by atoms with van der Waals surface area (Å²) in [5.74, 6) is -1.62. The van der Waals surface area contributed by atoms with Gasteiger partial charge >= 0.3 is 11.9 Å². The van der Waals surface area contributed by atoms with Gasteiger partial charge in [-0.05, 0) is 56.7 Å². The number of methoxy groups -OCH3 is 2. The molecule has 3 aromatic rings. The Balaban J connectivity index is 1.71. The first-order valence-corrected chi connectivity index (χ1v) is 12.7. The fraction of sp³-hybridized carbons (Fsp3) is 0.286. The van der Waals surface area contributed by atoms with Crippen LogP contribution in [0.25, 0.3) is 11.3 Å². The summed E-state index contributed by atoms with van der Waals surface area (Å²) in [6.07, 6.45) is 0. The summed E-state index contributed by atoms with van der Waals surface area (Å²) in [4.78, 5) is 35.0. The Morgan fingerprint density at radius 3 is 2.43 bits per heavy atom. The SMILES string of the molecule is CCOc1ccc(-c2csc(Nc3ccccc3C3C(C(=O)OC)=C(C)N=C(C)C3C(=O)OC)n2)cc1. The Labute approximate surface area is 220 Å². The largest absolute Gasteiger partial charge is 0.494 e. The highest BCUT2D eigenvalue weighted by Crippen LogP contribution is 2.43. The molecule has 0 aliphatic carbocycles. The lowest BCUT2D eigenvalue weighted by atomic mass is 9.75. The van der Waals surface area contributed by atoms with E-state index in [-0.39, 0.29) is 0 Å². The van der Waals surface area contributed by atoms with Crippen LogP contribution in [0, 0.1) is 5.92 Å². The topological polar surface area (TPSA) is 99.1 Å². The molecule has 37 heavy (non-hydrogen) atoms. The van der Waals surface area contributed by atoms with Gasteiger partial charge in [0.05, 0.1) is 32.1 Å². The van der Waals surface area contributed by atoms with Crippen molar-refractivity contribution in [2.45, 2.75) is 26.7 Å². The third-order valence-electron chi connectivity index (χ3n) is 6.19. The van der Waals surface area contributed by atoms with Crippen LogP contribution in [0.2, 0.25) is 0 Å². The molecule has 4 rings (SSSR count). The summed E-state index contributed by atoms with van der Waals surface area (Å²) in [5, 5.41) is 6.04. The highest BCUT2D eigenvalue weighted by atomic mass is 32.1. The van der Waals surface area contributed by atoms with Gasteiger partial charge < -0.3 is 19.5 Å². The van der Waals surface area contributed by atoms with Crippen molar-refractivity contribution in [1.29, 1.82) is 0 Å². The summed E-state index contributed by atoms with van der Waals surface area (Å²) in [6, 6.07) is 15.3. The first-order chi connectivity index (χ1) is 17.9. The molecular formula is C28H29N3O5S. The highest BCUT2D eigenvalue weighted by molar-refractivity contribution is 7.14. The molecule has 0 bridgehead atoms. The van der Waals surface area contributed by atoms with E-state index < -0.39 is 23.8 Å². The second kappa shape index (κ2) is 11.4. The molecule has 8 nitrogen and oxygen atoms in total. The number of rotatable bonds is 8. The molecule has 2 atom stereocenters. The molecule has 2 unspecified atom stereocenters. The summed E-state index contributed by atoms with van der Waals surface area (Å²) in [7, 11) is 2.65. The Morgan fingerprint density at radius 2 is 1.76 bits per heavy atom. The summed E-state index contributed by atoms with van der Waals surface area (Å²) < 4.78 is 15.7. The average Bonchev–Trinajstić information content (AvgIpc) is 3.37. The number of anilines is 2. The Bertz CT molecular complexity index is 1360. The minimum absolute atomic E-state index is 0.326. The molecule has 1 aliphatic rings. The Morgan fingerprint density at radius 1 is 1.03 bits per heavy atom. The van der Waals surface area contributed by atoms with E-state index in [2.05, 4.69) is 10.3 Å². The van der Waals surface area contributed by atoms with Crippen molar-refractivity contribution in [3.63, 3.8) is 0 Å². The number of hydrogen-bond acceptors (Lipinski definition) is 9. The monoisotopic (exact) mass is 519 g/mol. The number of aliphatic imine (C=N–C) groups is 1. The maximum absolute atomic E-state index is 12.9. The smallest absolute Gasteiger partial charge is 0.336 e. The van der Waals surface area contributed by atoms with Gasteiger partial charge in [-0.1, -0.05) is 18.2 Å². The quantitative estimate of drug-likeness (QED) is 0.379. The van der Waals surface area contributed by atoms with Crippen LogP contribution in [0.5, 0.6) is 5.75 Å². The number of para-hydroxylation sites is 1. The second-order valence-electron chi connectivity index (χ2n) is 8.43. The normalized spacial score (nSPS) is 17.2. The first-order valence-electron chi connectivity index (χ1n) is 11.8.